The van der Waals surface area contributed by atoms with E-state index in [1.165, 1.54) is 0 Å². The minimum absolute atomic E-state index is 0. The van der Waals surface area contributed by atoms with E-state index in [0.717, 1.165) is 29.6 Å². The molecular weight excluding hydrogens is 445 g/mol. The topological polar surface area (TPSA) is 66.3 Å². The molecule has 0 unspecified atom stereocenters. The Hall–Kier alpha value is -1.22. The van der Waals surface area contributed by atoms with E-state index in [1.54, 1.807) is 14.2 Å². The highest BCUT2D eigenvalue weighted by Crippen LogP contribution is 2.25. The fourth-order valence-corrected chi connectivity index (χ4v) is 2.48. The fourth-order valence-electron chi connectivity index (χ4n) is 2.48. The lowest BCUT2D eigenvalue weighted by atomic mass is 9.98. The Labute approximate surface area is 175 Å². The van der Waals surface area contributed by atoms with Gasteiger partial charge in [0.1, 0.15) is 11.5 Å². The smallest absolute Gasteiger partial charge is 0.194 e. The maximum Gasteiger partial charge on any atom is 0.194 e. The average molecular weight is 479 g/mol. The number of benzene rings is 1. The number of rotatable bonds is 9. The summed E-state index contributed by atoms with van der Waals surface area (Å²) >= 11 is 0. The Morgan fingerprint density at radius 1 is 1.19 bits per heavy atom. The summed E-state index contributed by atoms with van der Waals surface area (Å²) in [5, 5.41) is 13.8. The summed E-state index contributed by atoms with van der Waals surface area (Å²) in [5.41, 5.74) is 0.289. The number of hydrogen-bond acceptors (Lipinski definition) is 4. The van der Waals surface area contributed by atoms with Crippen molar-refractivity contribution in [3.05, 3.63) is 23.8 Å². The molecule has 0 aliphatic carbocycles. The molecule has 0 saturated heterocycles. The second kappa shape index (κ2) is 12.2. The van der Waals surface area contributed by atoms with Crippen LogP contribution in [-0.4, -0.2) is 55.9 Å². The van der Waals surface area contributed by atoms with Gasteiger partial charge in [-0.15, -0.1) is 24.0 Å². The molecule has 0 saturated carbocycles. The molecule has 1 rings (SSSR count). The third-order valence-corrected chi connectivity index (χ3v) is 4.44. The summed E-state index contributed by atoms with van der Waals surface area (Å²) in [6.45, 7) is 7.78. The van der Waals surface area contributed by atoms with Gasteiger partial charge in [-0.1, -0.05) is 13.8 Å². The lowest BCUT2D eigenvalue weighted by Crippen LogP contribution is -2.40. The summed E-state index contributed by atoms with van der Waals surface area (Å²) < 4.78 is 10.7. The van der Waals surface area contributed by atoms with Crippen molar-refractivity contribution in [1.29, 1.82) is 0 Å². The lowest BCUT2D eigenvalue weighted by Gasteiger charge is -2.26. The molecule has 0 aliphatic heterocycles. The van der Waals surface area contributed by atoms with Gasteiger partial charge in [0.05, 0.1) is 26.4 Å². The van der Waals surface area contributed by atoms with Gasteiger partial charge in [-0.05, 0) is 31.9 Å². The molecular formula is C19H34IN3O3. The largest absolute Gasteiger partial charge is 0.497 e. The highest BCUT2D eigenvalue weighted by atomic mass is 127. The van der Waals surface area contributed by atoms with Crippen molar-refractivity contribution in [2.75, 3.05) is 34.4 Å². The Bertz CT molecular complexity index is 563. The van der Waals surface area contributed by atoms with Gasteiger partial charge >= 0.3 is 0 Å². The van der Waals surface area contributed by atoms with E-state index in [0.29, 0.717) is 25.9 Å². The standard InChI is InChI=1S/C19H33N3O3.HI/c1-7-19(23,8-2)14-21-18(20-9-3)22(4)13-15-10-11-16(24-5)12-17(15)25-6;/h10-12,23H,7-9,13-14H2,1-6H3,(H,20,21);1H. The van der Waals surface area contributed by atoms with Crippen LogP contribution in [0.1, 0.15) is 39.2 Å². The molecule has 26 heavy (non-hydrogen) atoms. The van der Waals surface area contributed by atoms with Gasteiger partial charge in [0.2, 0.25) is 0 Å². The number of halogens is 1. The molecule has 0 atom stereocenters. The molecule has 1 aromatic rings. The molecule has 6 nitrogen and oxygen atoms in total. The predicted molar refractivity (Wildman–Crippen MR) is 118 cm³/mol. The molecule has 2 N–H and O–H groups in total. The monoisotopic (exact) mass is 479 g/mol. The van der Waals surface area contributed by atoms with Crippen LogP contribution in [-0.2, 0) is 6.54 Å². The maximum atomic E-state index is 10.5. The molecule has 0 bridgehead atoms. The van der Waals surface area contributed by atoms with E-state index in [2.05, 4.69) is 10.3 Å². The number of nitrogens with one attached hydrogen (secondary N) is 1. The highest BCUT2D eigenvalue weighted by Gasteiger charge is 2.22. The number of guanidine groups is 1. The summed E-state index contributed by atoms with van der Waals surface area (Å²) in [7, 11) is 5.27. The first-order valence-corrected chi connectivity index (χ1v) is 8.85. The second-order valence-electron chi connectivity index (χ2n) is 6.14. The van der Waals surface area contributed by atoms with Crippen LogP contribution in [0.25, 0.3) is 0 Å². The van der Waals surface area contributed by atoms with Crippen molar-refractivity contribution in [3.63, 3.8) is 0 Å². The van der Waals surface area contributed by atoms with Gasteiger partial charge < -0.3 is 24.8 Å². The van der Waals surface area contributed by atoms with Gasteiger partial charge in [0.25, 0.3) is 0 Å². The van der Waals surface area contributed by atoms with Crippen molar-refractivity contribution in [2.45, 2.75) is 45.8 Å². The molecule has 0 fully saturated rings. The summed E-state index contributed by atoms with van der Waals surface area (Å²) in [6, 6.07) is 5.79. The van der Waals surface area contributed by atoms with Crippen molar-refractivity contribution < 1.29 is 14.6 Å². The SMILES string of the molecule is CCNC(=NCC(O)(CC)CC)N(C)Cc1ccc(OC)cc1OC.I. The molecule has 0 radical (unpaired) electrons. The van der Waals surface area contributed by atoms with E-state index in [1.807, 2.05) is 50.9 Å². The minimum atomic E-state index is -0.751. The number of methoxy groups -OCH3 is 2. The number of hydrogen-bond donors (Lipinski definition) is 2. The molecule has 0 aliphatic rings. The zero-order chi connectivity index (χ0) is 18.9. The zero-order valence-electron chi connectivity index (χ0n) is 16.8. The highest BCUT2D eigenvalue weighted by molar-refractivity contribution is 14.0. The average Bonchev–Trinajstić information content (AvgIpc) is 2.64. The van der Waals surface area contributed by atoms with Crippen LogP contribution in [0.2, 0.25) is 0 Å². The van der Waals surface area contributed by atoms with E-state index in [4.69, 9.17) is 9.47 Å². The number of nitrogens with zero attached hydrogens (tertiary/aromatic N) is 2. The summed E-state index contributed by atoms with van der Waals surface area (Å²) in [5.74, 6) is 2.31. The molecule has 7 heteroatoms. The number of aliphatic hydroxyl groups is 1. The van der Waals surface area contributed by atoms with Gasteiger partial charge in [-0.3, -0.25) is 4.99 Å². The molecule has 0 spiro atoms. The van der Waals surface area contributed by atoms with E-state index in [9.17, 15) is 5.11 Å². The first kappa shape index (κ1) is 24.8. The Morgan fingerprint density at radius 3 is 2.35 bits per heavy atom. The quantitative estimate of drug-likeness (QED) is 0.324. The van der Waals surface area contributed by atoms with Gasteiger partial charge in [-0.2, -0.15) is 0 Å². The first-order valence-electron chi connectivity index (χ1n) is 8.85. The van der Waals surface area contributed by atoms with Crippen LogP contribution >= 0.6 is 24.0 Å². The second-order valence-corrected chi connectivity index (χ2v) is 6.14. The first-order chi connectivity index (χ1) is 11.9. The van der Waals surface area contributed by atoms with E-state index >= 15 is 0 Å². The normalized spacial score (nSPS) is 11.6. The minimum Gasteiger partial charge on any atom is -0.497 e. The Balaban J connectivity index is 0.00000625. The van der Waals surface area contributed by atoms with Gasteiger partial charge in [0, 0.05) is 31.8 Å². The maximum absolute atomic E-state index is 10.5. The summed E-state index contributed by atoms with van der Waals surface area (Å²) in [4.78, 5) is 6.66. The van der Waals surface area contributed by atoms with Crippen molar-refractivity contribution in [1.82, 2.24) is 10.2 Å². The molecule has 0 aromatic heterocycles. The molecule has 1 aromatic carbocycles. The Kier molecular flexibility index (Phi) is 11.6. The van der Waals surface area contributed by atoms with Crippen molar-refractivity contribution in [2.24, 2.45) is 4.99 Å². The van der Waals surface area contributed by atoms with Crippen LogP contribution in [0.3, 0.4) is 0 Å². The number of ether oxygens (including phenoxy) is 2. The van der Waals surface area contributed by atoms with Crippen molar-refractivity contribution >= 4 is 29.9 Å². The van der Waals surface area contributed by atoms with Gasteiger partial charge in [0.15, 0.2) is 5.96 Å². The Morgan fingerprint density at radius 2 is 1.85 bits per heavy atom. The fraction of sp³-hybridized carbons (Fsp3) is 0.632. The van der Waals surface area contributed by atoms with Crippen molar-refractivity contribution in [3.8, 4) is 11.5 Å². The molecule has 0 amide bonds. The van der Waals surface area contributed by atoms with Crippen LogP contribution in [0.4, 0.5) is 0 Å². The molecule has 150 valence electrons. The molecule has 0 heterocycles. The zero-order valence-corrected chi connectivity index (χ0v) is 19.2. The van der Waals surface area contributed by atoms with Crippen LogP contribution in [0.5, 0.6) is 11.5 Å². The third kappa shape index (κ3) is 7.19. The lowest BCUT2D eigenvalue weighted by molar-refractivity contribution is 0.0416. The van der Waals surface area contributed by atoms with E-state index in [-0.39, 0.29) is 24.0 Å². The van der Waals surface area contributed by atoms with Crippen LogP contribution < -0.4 is 14.8 Å². The predicted octanol–water partition coefficient (Wildman–Crippen LogP) is 3.27. The van der Waals surface area contributed by atoms with E-state index < -0.39 is 5.60 Å². The van der Waals surface area contributed by atoms with Crippen LogP contribution in [0.15, 0.2) is 23.2 Å². The third-order valence-electron chi connectivity index (χ3n) is 4.44. The van der Waals surface area contributed by atoms with Gasteiger partial charge in [-0.25, -0.2) is 0 Å². The number of aliphatic imine (C=N–C) groups is 1. The summed E-state index contributed by atoms with van der Waals surface area (Å²) in [6.07, 6.45) is 1.37. The van der Waals surface area contributed by atoms with Crippen LogP contribution in [0, 0.1) is 0 Å².